The summed E-state index contributed by atoms with van der Waals surface area (Å²) in [4.78, 5) is 11.6. The summed E-state index contributed by atoms with van der Waals surface area (Å²) in [5.41, 5.74) is 5.64. The van der Waals surface area contributed by atoms with Crippen LogP contribution in [-0.2, 0) is 9.53 Å². The first kappa shape index (κ1) is 11.5. The molecule has 0 spiro atoms. The highest BCUT2D eigenvalue weighted by Gasteiger charge is 2.24. The van der Waals surface area contributed by atoms with Gasteiger partial charge in [0.2, 0.25) is 5.91 Å². The molecule has 14 heavy (non-hydrogen) atoms. The fraction of sp³-hybridized carbons (Fsp3) is 0.900. The van der Waals surface area contributed by atoms with Gasteiger partial charge in [0.05, 0.1) is 0 Å². The summed E-state index contributed by atoms with van der Waals surface area (Å²) in [5, 5.41) is 2.91. The van der Waals surface area contributed by atoms with Crippen molar-refractivity contribution in [2.75, 3.05) is 6.61 Å². The summed E-state index contributed by atoms with van der Waals surface area (Å²) in [5.74, 6) is 0.00986. The first-order valence-electron chi connectivity index (χ1n) is 5.27. The van der Waals surface area contributed by atoms with Gasteiger partial charge in [-0.05, 0) is 33.1 Å². The third-order valence-electron chi connectivity index (χ3n) is 2.34. The fourth-order valence-electron chi connectivity index (χ4n) is 1.74. The molecule has 3 N–H and O–H groups in total. The standard InChI is InChI=1S/C10H20N2O2/c1-7(11)6-8(2)12-10(13)9-4-3-5-14-9/h7-9H,3-6,11H2,1-2H3,(H,12,13). The highest BCUT2D eigenvalue weighted by atomic mass is 16.5. The number of nitrogens with two attached hydrogens (primary N) is 1. The molecule has 1 aliphatic heterocycles. The van der Waals surface area contributed by atoms with E-state index in [1.807, 2.05) is 13.8 Å². The molecule has 0 aromatic carbocycles. The van der Waals surface area contributed by atoms with E-state index in [0.29, 0.717) is 6.61 Å². The average molecular weight is 200 g/mol. The molecule has 0 bridgehead atoms. The molecule has 0 saturated carbocycles. The average Bonchev–Trinajstić information content (AvgIpc) is 2.53. The fourth-order valence-corrected chi connectivity index (χ4v) is 1.74. The second kappa shape index (κ2) is 5.32. The molecule has 0 aromatic rings. The Bertz CT molecular complexity index is 189. The lowest BCUT2D eigenvalue weighted by molar-refractivity contribution is -0.130. The molecule has 1 aliphatic rings. The zero-order chi connectivity index (χ0) is 10.6. The zero-order valence-corrected chi connectivity index (χ0v) is 8.95. The predicted molar refractivity (Wildman–Crippen MR) is 54.8 cm³/mol. The molecule has 1 amide bonds. The van der Waals surface area contributed by atoms with Gasteiger partial charge in [0.25, 0.3) is 0 Å². The van der Waals surface area contributed by atoms with Crippen molar-refractivity contribution in [2.45, 2.75) is 51.3 Å². The highest BCUT2D eigenvalue weighted by molar-refractivity contribution is 5.81. The maximum absolute atomic E-state index is 11.6. The largest absolute Gasteiger partial charge is 0.368 e. The Balaban J connectivity index is 2.25. The minimum atomic E-state index is -0.231. The summed E-state index contributed by atoms with van der Waals surface area (Å²) in [6, 6.07) is 0.251. The van der Waals surface area contributed by atoms with Crippen LogP contribution in [0.25, 0.3) is 0 Å². The molecule has 0 aromatic heterocycles. The quantitative estimate of drug-likeness (QED) is 0.690. The Hall–Kier alpha value is -0.610. The van der Waals surface area contributed by atoms with E-state index in [1.54, 1.807) is 0 Å². The second-order valence-corrected chi connectivity index (χ2v) is 4.12. The molecule has 3 atom stereocenters. The van der Waals surface area contributed by atoms with E-state index in [4.69, 9.17) is 10.5 Å². The number of ether oxygens (including phenoxy) is 1. The number of rotatable bonds is 4. The molecule has 0 radical (unpaired) electrons. The van der Waals surface area contributed by atoms with Crippen molar-refractivity contribution in [1.29, 1.82) is 0 Å². The number of hydrogen-bond acceptors (Lipinski definition) is 3. The van der Waals surface area contributed by atoms with Crippen molar-refractivity contribution in [3.63, 3.8) is 0 Å². The van der Waals surface area contributed by atoms with Gasteiger partial charge >= 0.3 is 0 Å². The van der Waals surface area contributed by atoms with E-state index >= 15 is 0 Å². The molecule has 1 rings (SSSR count). The summed E-state index contributed by atoms with van der Waals surface area (Å²) in [7, 11) is 0. The molecule has 0 aliphatic carbocycles. The summed E-state index contributed by atoms with van der Waals surface area (Å²) < 4.78 is 5.28. The molecular formula is C10H20N2O2. The van der Waals surface area contributed by atoms with Crippen molar-refractivity contribution in [1.82, 2.24) is 5.32 Å². The van der Waals surface area contributed by atoms with Gasteiger partial charge in [0.1, 0.15) is 6.10 Å². The monoisotopic (exact) mass is 200 g/mol. The number of nitrogens with one attached hydrogen (secondary N) is 1. The molecular weight excluding hydrogens is 180 g/mol. The van der Waals surface area contributed by atoms with Crippen LogP contribution in [0.1, 0.15) is 33.1 Å². The van der Waals surface area contributed by atoms with E-state index in [1.165, 1.54) is 0 Å². The van der Waals surface area contributed by atoms with Gasteiger partial charge in [-0.3, -0.25) is 4.79 Å². The van der Waals surface area contributed by atoms with Gasteiger partial charge in [-0.1, -0.05) is 0 Å². The Morgan fingerprint density at radius 3 is 2.86 bits per heavy atom. The number of carbonyl (C=O) groups excluding carboxylic acids is 1. The van der Waals surface area contributed by atoms with Crippen LogP contribution in [0.3, 0.4) is 0 Å². The molecule has 1 saturated heterocycles. The minimum Gasteiger partial charge on any atom is -0.368 e. The maximum Gasteiger partial charge on any atom is 0.249 e. The molecule has 4 nitrogen and oxygen atoms in total. The van der Waals surface area contributed by atoms with Crippen molar-refractivity contribution >= 4 is 5.91 Å². The lowest BCUT2D eigenvalue weighted by Gasteiger charge is -2.18. The predicted octanol–water partition coefficient (Wildman–Crippen LogP) is 0.407. The first-order valence-corrected chi connectivity index (χ1v) is 5.27. The summed E-state index contributed by atoms with van der Waals surface area (Å²) >= 11 is 0. The maximum atomic E-state index is 11.6. The minimum absolute atomic E-state index is 0.00986. The Morgan fingerprint density at radius 2 is 2.36 bits per heavy atom. The van der Waals surface area contributed by atoms with Gasteiger partial charge in [-0.2, -0.15) is 0 Å². The van der Waals surface area contributed by atoms with Crippen molar-refractivity contribution < 1.29 is 9.53 Å². The molecule has 1 heterocycles. The van der Waals surface area contributed by atoms with Crippen LogP contribution in [0.5, 0.6) is 0 Å². The molecule has 1 fully saturated rings. The molecule has 4 heteroatoms. The third-order valence-corrected chi connectivity index (χ3v) is 2.34. The SMILES string of the molecule is CC(N)CC(C)NC(=O)C1CCCO1. The van der Waals surface area contributed by atoms with Crippen LogP contribution in [0.15, 0.2) is 0 Å². The van der Waals surface area contributed by atoms with Gasteiger partial charge in [-0.25, -0.2) is 0 Å². The van der Waals surface area contributed by atoms with Gasteiger partial charge in [-0.15, -0.1) is 0 Å². The van der Waals surface area contributed by atoms with E-state index in [-0.39, 0.29) is 24.1 Å². The number of amides is 1. The van der Waals surface area contributed by atoms with Crippen LogP contribution in [-0.4, -0.2) is 30.7 Å². The van der Waals surface area contributed by atoms with Crippen LogP contribution >= 0.6 is 0 Å². The van der Waals surface area contributed by atoms with Crippen molar-refractivity contribution in [2.24, 2.45) is 5.73 Å². The highest BCUT2D eigenvalue weighted by Crippen LogP contribution is 2.12. The first-order chi connectivity index (χ1) is 6.59. The normalized spacial score (nSPS) is 25.8. The van der Waals surface area contributed by atoms with Gasteiger partial charge in [0.15, 0.2) is 0 Å². The van der Waals surface area contributed by atoms with E-state index in [2.05, 4.69) is 5.32 Å². The lowest BCUT2D eigenvalue weighted by Crippen LogP contribution is -2.41. The lowest BCUT2D eigenvalue weighted by atomic mass is 10.1. The smallest absolute Gasteiger partial charge is 0.249 e. The Morgan fingerprint density at radius 1 is 1.64 bits per heavy atom. The zero-order valence-electron chi connectivity index (χ0n) is 8.95. The second-order valence-electron chi connectivity index (χ2n) is 4.12. The topological polar surface area (TPSA) is 64.3 Å². The van der Waals surface area contributed by atoms with Crippen LogP contribution in [0, 0.1) is 0 Å². The van der Waals surface area contributed by atoms with E-state index < -0.39 is 0 Å². The van der Waals surface area contributed by atoms with Gasteiger partial charge in [0, 0.05) is 18.7 Å². The van der Waals surface area contributed by atoms with Crippen LogP contribution < -0.4 is 11.1 Å². The molecule has 82 valence electrons. The van der Waals surface area contributed by atoms with Crippen molar-refractivity contribution in [3.8, 4) is 0 Å². The molecule has 3 unspecified atom stereocenters. The van der Waals surface area contributed by atoms with E-state index in [0.717, 1.165) is 19.3 Å². The third kappa shape index (κ3) is 3.64. The van der Waals surface area contributed by atoms with E-state index in [9.17, 15) is 4.79 Å². The summed E-state index contributed by atoms with van der Waals surface area (Å²) in [6.07, 6.45) is 2.40. The van der Waals surface area contributed by atoms with Crippen LogP contribution in [0.2, 0.25) is 0 Å². The van der Waals surface area contributed by atoms with Crippen LogP contribution in [0.4, 0.5) is 0 Å². The van der Waals surface area contributed by atoms with Crippen molar-refractivity contribution in [3.05, 3.63) is 0 Å². The number of carbonyl (C=O) groups is 1. The Kier molecular flexibility index (Phi) is 4.35. The summed E-state index contributed by atoms with van der Waals surface area (Å²) in [6.45, 7) is 4.62. The number of hydrogen-bond donors (Lipinski definition) is 2. The Labute approximate surface area is 85.2 Å². The van der Waals surface area contributed by atoms with Gasteiger partial charge < -0.3 is 15.8 Å².